The highest BCUT2D eigenvalue weighted by molar-refractivity contribution is 5.37. The molecule has 0 aliphatic rings. The molecule has 1 aromatic heterocycles. The molecule has 15 heavy (non-hydrogen) atoms. The molecule has 1 heterocycles. The number of hydrogen-bond donors (Lipinski definition) is 0. The molecule has 0 aliphatic carbocycles. The monoisotopic (exact) mass is 211 g/mol. The lowest BCUT2D eigenvalue weighted by molar-refractivity contribution is -0.137. The minimum atomic E-state index is -4.29. The second kappa shape index (κ2) is 3.46. The Balaban J connectivity index is 2.44. The average Bonchev–Trinajstić information content (AvgIpc) is 2.69. The van der Waals surface area contributed by atoms with E-state index in [-0.39, 0.29) is 0 Å². The lowest BCUT2D eigenvalue weighted by Crippen LogP contribution is -2.05. The zero-order valence-corrected chi connectivity index (χ0v) is 7.70. The molecule has 0 atom stereocenters. The van der Waals surface area contributed by atoms with Crippen molar-refractivity contribution in [2.45, 2.75) is 6.18 Å². The quantitative estimate of drug-likeness (QED) is 0.680. The van der Waals surface area contributed by atoms with Gasteiger partial charge in [-0.15, -0.1) is 0 Å². The second-order valence-corrected chi connectivity index (χ2v) is 3.14. The van der Waals surface area contributed by atoms with E-state index in [0.717, 1.165) is 12.1 Å². The van der Waals surface area contributed by atoms with Crippen LogP contribution in [0.15, 0.2) is 48.8 Å². The first-order valence-electron chi connectivity index (χ1n) is 4.38. The summed E-state index contributed by atoms with van der Waals surface area (Å²) >= 11 is 0. The number of halogens is 3. The van der Waals surface area contributed by atoms with E-state index in [2.05, 4.69) is 0 Å². The van der Waals surface area contributed by atoms with Crippen LogP contribution in [-0.4, -0.2) is 4.57 Å². The van der Waals surface area contributed by atoms with Gasteiger partial charge in [-0.2, -0.15) is 13.2 Å². The Morgan fingerprint density at radius 2 is 1.60 bits per heavy atom. The third-order valence-electron chi connectivity index (χ3n) is 2.08. The molecule has 0 aliphatic heterocycles. The molecule has 1 nitrogen and oxygen atoms in total. The highest BCUT2D eigenvalue weighted by Gasteiger charge is 2.30. The number of rotatable bonds is 1. The number of nitrogens with zero attached hydrogens (tertiary/aromatic N) is 1. The van der Waals surface area contributed by atoms with Gasteiger partial charge in [0.1, 0.15) is 0 Å². The smallest absolute Gasteiger partial charge is 0.324 e. The van der Waals surface area contributed by atoms with E-state index >= 15 is 0 Å². The molecule has 0 spiro atoms. The van der Waals surface area contributed by atoms with Gasteiger partial charge in [0.05, 0.1) is 5.56 Å². The van der Waals surface area contributed by atoms with Crippen molar-refractivity contribution in [3.8, 4) is 5.69 Å². The third-order valence-corrected chi connectivity index (χ3v) is 2.08. The van der Waals surface area contributed by atoms with E-state index in [4.69, 9.17) is 0 Å². The van der Waals surface area contributed by atoms with Crippen LogP contribution in [0.4, 0.5) is 13.2 Å². The first-order valence-corrected chi connectivity index (χ1v) is 4.38. The Morgan fingerprint density at radius 3 is 2.20 bits per heavy atom. The fourth-order valence-corrected chi connectivity index (χ4v) is 1.35. The van der Waals surface area contributed by atoms with Gasteiger partial charge in [-0.1, -0.05) is 6.07 Å². The number of aromatic nitrogens is 1. The topological polar surface area (TPSA) is 4.93 Å². The molecule has 0 N–H and O–H groups in total. The highest BCUT2D eigenvalue weighted by Crippen LogP contribution is 2.30. The van der Waals surface area contributed by atoms with E-state index in [1.54, 1.807) is 35.2 Å². The SMILES string of the molecule is FC(F)(F)c1cccc(-n2cccc2)c1. The summed E-state index contributed by atoms with van der Waals surface area (Å²) in [5, 5.41) is 0. The zero-order valence-electron chi connectivity index (χ0n) is 7.70. The molecule has 0 amide bonds. The number of hydrogen-bond acceptors (Lipinski definition) is 0. The first kappa shape index (κ1) is 9.83. The summed E-state index contributed by atoms with van der Waals surface area (Å²) in [7, 11) is 0. The molecule has 2 rings (SSSR count). The Morgan fingerprint density at radius 1 is 0.933 bits per heavy atom. The fourth-order valence-electron chi connectivity index (χ4n) is 1.35. The molecule has 1 aromatic carbocycles. The third kappa shape index (κ3) is 2.03. The summed E-state index contributed by atoms with van der Waals surface area (Å²) < 4.78 is 38.8. The van der Waals surface area contributed by atoms with E-state index in [9.17, 15) is 13.2 Å². The molecule has 2 aromatic rings. The van der Waals surface area contributed by atoms with Crippen LogP contribution in [0.3, 0.4) is 0 Å². The van der Waals surface area contributed by atoms with E-state index in [1.807, 2.05) is 0 Å². The van der Waals surface area contributed by atoms with Crippen LogP contribution in [0.1, 0.15) is 5.56 Å². The summed E-state index contributed by atoms with van der Waals surface area (Å²) in [6.45, 7) is 0. The predicted octanol–water partition coefficient (Wildman–Crippen LogP) is 3.50. The molecule has 78 valence electrons. The largest absolute Gasteiger partial charge is 0.416 e. The van der Waals surface area contributed by atoms with E-state index in [0.29, 0.717) is 5.69 Å². The van der Waals surface area contributed by atoms with Crippen molar-refractivity contribution in [1.82, 2.24) is 4.57 Å². The van der Waals surface area contributed by atoms with Crippen LogP contribution in [0, 0.1) is 0 Å². The van der Waals surface area contributed by atoms with Crippen molar-refractivity contribution in [1.29, 1.82) is 0 Å². The molecule has 0 saturated heterocycles. The lowest BCUT2D eigenvalue weighted by atomic mass is 10.2. The van der Waals surface area contributed by atoms with Crippen LogP contribution in [-0.2, 0) is 6.18 Å². The molecular weight excluding hydrogens is 203 g/mol. The minimum absolute atomic E-state index is 0.509. The first-order chi connectivity index (χ1) is 7.07. The number of alkyl halides is 3. The van der Waals surface area contributed by atoms with Crippen molar-refractivity contribution >= 4 is 0 Å². The minimum Gasteiger partial charge on any atom is -0.324 e. The maximum Gasteiger partial charge on any atom is 0.416 e. The van der Waals surface area contributed by atoms with Gasteiger partial charge in [0.25, 0.3) is 0 Å². The summed E-state index contributed by atoms with van der Waals surface area (Å²) in [6.07, 6.45) is -0.881. The van der Waals surface area contributed by atoms with Gasteiger partial charge in [0.15, 0.2) is 0 Å². The van der Waals surface area contributed by atoms with Gasteiger partial charge in [0.2, 0.25) is 0 Å². The summed E-state index contributed by atoms with van der Waals surface area (Å²) in [6, 6.07) is 8.75. The maximum atomic E-state index is 12.4. The lowest BCUT2D eigenvalue weighted by Gasteiger charge is -2.09. The fraction of sp³-hybridized carbons (Fsp3) is 0.0909. The van der Waals surface area contributed by atoms with Crippen molar-refractivity contribution < 1.29 is 13.2 Å². The number of benzene rings is 1. The summed E-state index contributed by atoms with van der Waals surface area (Å²) in [4.78, 5) is 0. The molecule has 0 saturated carbocycles. The summed E-state index contributed by atoms with van der Waals surface area (Å²) in [5.41, 5.74) is -0.122. The van der Waals surface area contributed by atoms with Crippen LogP contribution < -0.4 is 0 Å². The van der Waals surface area contributed by atoms with Gasteiger partial charge in [-0.05, 0) is 30.3 Å². The molecular formula is C11H8F3N. The van der Waals surface area contributed by atoms with Crippen LogP contribution in [0.5, 0.6) is 0 Å². The molecule has 0 fully saturated rings. The van der Waals surface area contributed by atoms with Gasteiger partial charge in [-0.3, -0.25) is 0 Å². The van der Waals surface area contributed by atoms with Gasteiger partial charge in [-0.25, -0.2) is 0 Å². The van der Waals surface area contributed by atoms with Crippen LogP contribution in [0.2, 0.25) is 0 Å². The molecule has 0 unspecified atom stereocenters. The van der Waals surface area contributed by atoms with Gasteiger partial charge < -0.3 is 4.57 Å². The van der Waals surface area contributed by atoms with Crippen molar-refractivity contribution in [2.75, 3.05) is 0 Å². The molecule has 0 bridgehead atoms. The average molecular weight is 211 g/mol. The standard InChI is InChI=1S/C11H8F3N/c12-11(13,14)9-4-3-5-10(8-9)15-6-1-2-7-15/h1-8H. The van der Waals surface area contributed by atoms with Crippen LogP contribution >= 0.6 is 0 Å². The van der Waals surface area contributed by atoms with Crippen molar-refractivity contribution in [3.63, 3.8) is 0 Å². The Labute approximate surface area is 84.8 Å². The Bertz CT molecular complexity index is 443. The van der Waals surface area contributed by atoms with Gasteiger partial charge >= 0.3 is 6.18 Å². The van der Waals surface area contributed by atoms with Crippen molar-refractivity contribution in [2.24, 2.45) is 0 Å². The van der Waals surface area contributed by atoms with Crippen LogP contribution in [0.25, 0.3) is 5.69 Å². The second-order valence-electron chi connectivity index (χ2n) is 3.14. The van der Waals surface area contributed by atoms with E-state index < -0.39 is 11.7 Å². The predicted molar refractivity (Wildman–Crippen MR) is 50.8 cm³/mol. The Hall–Kier alpha value is -1.71. The molecule has 0 radical (unpaired) electrons. The van der Waals surface area contributed by atoms with Gasteiger partial charge in [0, 0.05) is 18.1 Å². The molecule has 4 heteroatoms. The maximum absolute atomic E-state index is 12.4. The summed E-state index contributed by atoms with van der Waals surface area (Å²) in [5.74, 6) is 0. The van der Waals surface area contributed by atoms with E-state index in [1.165, 1.54) is 6.07 Å². The van der Waals surface area contributed by atoms with Crippen molar-refractivity contribution in [3.05, 3.63) is 54.4 Å². The highest BCUT2D eigenvalue weighted by atomic mass is 19.4. The zero-order chi connectivity index (χ0) is 10.9. The normalized spacial score (nSPS) is 11.7. The Kier molecular flexibility index (Phi) is 2.26.